The van der Waals surface area contributed by atoms with Gasteiger partial charge in [0, 0.05) is 22.7 Å². The molecule has 0 heterocycles. The zero-order valence-corrected chi connectivity index (χ0v) is 12.2. The molecule has 0 saturated carbocycles. The lowest BCUT2D eigenvalue weighted by molar-refractivity contribution is 0.0711. The van der Waals surface area contributed by atoms with E-state index in [9.17, 15) is 10.2 Å². The maximum Gasteiger partial charge on any atom is 0.0709 e. The van der Waals surface area contributed by atoms with E-state index in [1.54, 1.807) is 11.8 Å². The lowest BCUT2D eigenvalue weighted by Gasteiger charge is -2.27. The molecule has 0 bridgehead atoms. The van der Waals surface area contributed by atoms with Crippen molar-refractivity contribution in [2.75, 3.05) is 6.61 Å². The summed E-state index contributed by atoms with van der Waals surface area (Å²) >= 11 is 1.71. The average Bonchev–Trinajstić information content (AvgIpc) is 2.37. The second kappa shape index (κ2) is 7.82. The quantitative estimate of drug-likeness (QED) is 0.746. The molecule has 0 spiro atoms. The van der Waals surface area contributed by atoms with Crippen LogP contribution < -0.4 is 0 Å². The van der Waals surface area contributed by atoms with Crippen molar-refractivity contribution in [3.05, 3.63) is 30.3 Å². The van der Waals surface area contributed by atoms with Gasteiger partial charge in [-0.05, 0) is 24.5 Å². The van der Waals surface area contributed by atoms with Crippen LogP contribution in [0, 0.1) is 11.8 Å². The topological polar surface area (TPSA) is 40.5 Å². The fourth-order valence-electron chi connectivity index (χ4n) is 1.87. The van der Waals surface area contributed by atoms with Crippen molar-refractivity contribution in [1.29, 1.82) is 0 Å². The van der Waals surface area contributed by atoms with Gasteiger partial charge in [0.05, 0.1) is 6.10 Å². The van der Waals surface area contributed by atoms with E-state index < -0.39 is 6.10 Å². The van der Waals surface area contributed by atoms with Crippen molar-refractivity contribution < 1.29 is 10.2 Å². The molecule has 1 aromatic carbocycles. The molecule has 1 rings (SSSR count). The van der Waals surface area contributed by atoms with Crippen molar-refractivity contribution in [2.45, 2.75) is 43.4 Å². The number of hydrogen-bond donors (Lipinski definition) is 2. The zero-order chi connectivity index (χ0) is 13.5. The van der Waals surface area contributed by atoms with Crippen LogP contribution in [0.1, 0.15) is 27.2 Å². The molecular formula is C15H24O2S. The largest absolute Gasteiger partial charge is 0.396 e. The molecular weight excluding hydrogens is 244 g/mol. The maximum atomic E-state index is 10.3. The molecule has 0 aliphatic heterocycles. The smallest absolute Gasteiger partial charge is 0.0709 e. The van der Waals surface area contributed by atoms with E-state index in [2.05, 4.69) is 26.0 Å². The van der Waals surface area contributed by atoms with Gasteiger partial charge in [0.2, 0.25) is 0 Å². The van der Waals surface area contributed by atoms with Crippen LogP contribution in [0.3, 0.4) is 0 Å². The van der Waals surface area contributed by atoms with Gasteiger partial charge in [-0.1, -0.05) is 39.0 Å². The number of hydrogen-bond acceptors (Lipinski definition) is 3. The number of aliphatic hydroxyl groups excluding tert-OH is 2. The minimum absolute atomic E-state index is 0.0328. The first-order valence-electron chi connectivity index (χ1n) is 6.55. The summed E-state index contributed by atoms with van der Waals surface area (Å²) in [5.41, 5.74) is 0. The summed E-state index contributed by atoms with van der Waals surface area (Å²) in [5, 5.41) is 19.6. The Morgan fingerprint density at radius 1 is 1.11 bits per heavy atom. The van der Waals surface area contributed by atoms with Crippen LogP contribution in [0.4, 0.5) is 0 Å². The van der Waals surface area contributed by atoms with Gasteiger partial charge in [-0.15, -0.1) is 11.8 Å². The lowest BCUT2D eigenvalue weighted by atomic mass is 9.97. The summed E-state index contributed by atoms with van der Waals surface area (Å²) in [5.74, 6) is 0.455. The molecule has 0 fully saturated rings. The molecule has 0 aliphatic rings. The normalized spacial score (nSPS) is 16.6. The molecule has 0 unspecified atom stereocenters. The predicted molar refractivity (Wildman–Crippen MR) is 77.8 cm³/mol. The number of aliphatic hydroxyl groups is 2. The highest BCUT2D eigenvalue weighted by Crippen LogP contribution is 2.32. The Kier molecular flexibility index (Phi) is 6.76. The molecule has 3 atom stereocenters. The molecule has 0 radical (unpaired) electrons. The first-order chi connectivity index (χ1) is 8.54. The van der Waals surface area contributed by atoms with Crippen molar-refractivity contribution >= 4 is 11.8 Å². The van der Waals surface area contributed by atoms with Gasteiger partial charge < -0.3 is 10.2 Å². The third-order valence-electron chi connectivity index (χ3n) is 2.99. The van der Waals surface area contributed by atoms with Crippen LogP contribution in [0.15, 0.2) is 35.2 Å². The van der Waals surface area contributed by atoms with Gasteiger partial charge in [0.15, 0.2) is 0 Å². The van der Waals surface area contributed by atoms with Crippen molar-refractivity contribution in [3.8, 4) is 0 Å². The summed E-state index contributed by atoms with van der Waals surface area (Å²) < 4.78 is 0. The third-order valence-corrected chi connectivity index (χ3v) is 4.30. The van der Waals surface area contributed by atoms with Crippen LogP contribution >= 0.6 is 11.8 Å². The molecule has 1 aromatic rings. The Bertz CT molecular complexity index is 327. The Morgan fingerprint density at radius 3 is 2.22 bits per heavy atom. The van der Waals surface area contributed by atoms with E-state index in [1.165, 1.54) is 4.90 Å². The standard InChI is InChI=1S/C15H24O2S/c1-11(2)9-14(15(17)12(3)10-16)18-13-7-5-4-6-8-13/h4-8,11-12,14-17H,9-10H2,1-3H3/t12-,14-,15+/m1/s1. The predicted octanol–water partition coefficient (Wildman–Crippen LogP) is 3.18. The highest BCUT2D eigenvalue weighted by Gasteiger charge is 2.26. The number of rotatable bonds is 7. The monoisotopic (exact) mass is 268 g/mol. The zero-order valence-electron chi connectivity index (χ0n) is 11.4. The summed E-state index contributed by atoms with van der Waals surface area (Å²) in [6.07, 6.45) is 0.480. The Morgan fingerprint density at radius 2 is 1.72 bits per heavy atom. The second-order valence-corrected chi connectivity index (χ2v) is 6.56. The average molecular weight is 268 g/mol. The SMILES string of the molecule is CC(C)C[C@@H](Sc1ccccc1)[C@@H](O)[C@H](C)CO. The first-order valence-corrected chi connectivity index (χ1v) is 7.43. The van der Waals surface area contributed by atoms with Gasteiger partial charge >= 0.3 is 0 Å². The third kappa shape index (κ3) is 5.01. The summed E-state index contributed by atoms with van der Waals surface area (Å²) in [7, 11) is 0. The van der Waals surface area contributed by atoms with Gasteiger partial charge in [-0.25, -0.2) is 0 Å². The summed E-state index contributed by atoms with van der Waals surface area (Å²) in [6.45, 7) is 6.25. The van der Waals surface area contributed by atoms with E-state index in [0.717, 1.165) is 6.42 Å². The van der Waals surface area contributed by atoms with E-state index in [4.69, 9.17) is 0 Å². The molecule has 3 heteroatoms. The minimum atomic E-state index is -0.470. The van der Waals surface area contributed by atoms with Crippen molar-refractivity contribution in [1.82, 2.24) is 0 Å². The van der Waals surface area contributed by atoms with Crippen molar-refractivity contribution in [3.63, 3.8) is 0 Å². The lowest BCUT2D eigenvalue weighted by Crippen LogP contribution is -2.32. The van der Waals surface area contributed by atoms with Gasteiger partial charge in [0.1, 0.15) is 0 Å². The minimum Gasteiger partial charge on any atom is -0.396 e. The Balaban J connectivity index is 2.72. The maximum absolute atomic E-state index is 10.3. The van der Waals surface area contributed by atoms with E-state index >= 15 is 0 Å². The van der Waals surface area contributed by atoms with Crippen LogP contribution in [0.5, 0.6) is 0 Å². The molecule has 2 nitrogen and oxygen atoms in total. The fourth-order valence-corrected chi connectivity index (χ4v) is 3.42. The van der Waals surface area contributed by atoms with Crippen LogP contribution in [-0.2, 0) is 0 Å². The molecule has 18 heavy (non-hydrogen) atoms. The Labute approximate surface area is 114 Å². The van der Waals surface area contributed by atoms with E-state index in [0.29, 0.717) is 5.92 Å². The molecule has 0 aliphatic carbocycles. The molecule has 102 valence electrons. The molecule has 0 saturated heterocycles. The van der Waals surface area contributed by atoms with E-state index in [-0.39, 0.29) is 17.8 Å². The van der Waals surface area contributed by atoms with E-state index in [1.807, 2.05) is 25.1 Å². The molecule has 2 N–H and O–H groups in total. The Hall–Kier alpha value is -0.510. The second-order valence-electron chi connectivity index (χ2n) is 5.25. The number of benzene rings is 1. The highest BCUT2D eigenvalue weighted by atomic mass is 32.2. The highest BCUT2D eigenvalue weighted by molar-refractivity contribution is 8.00. The summed E-state index contributed by atoms with van der Waals surface area (Å²) in [6, 6.07) is 10.1. The van der Waals surface area contributed by atoms with Gasteiger partial charge in [0.25, 0.3) is 0 Å². The van der Waals surface area contributed by atoms with Gasteiger partial charge in [-0.3, -0.25) is 0 Å². The molecule has 0 amide bonds. The van der Waals surface area contributed by atoms with Crippen LogP contribution in [0.25, 0.3) is 0 Å². The first kappa shape index (κ1) is 15.5. The fraction of sp³-hybridized carbons (Fsp3) is 0.600. The summed E-state index contributed by atoms with van der Waals surface area (Å²) in [4.78, 5) is 1.17. The number of thioether (sulfide) groups is 1. The van der Waals surface area contributed by atoms with Crippen LogP contribution in [0.2, 0.25) is 0 Å². The molecule has 0 aromatic heterocycles. The van der Waals surface area contributed by atoms with Crippen molar-refractivity contribution in [2.24, 2.45) is 11.8 Å². The van der Waals surface area contributed by atoms with Gasteiger partial charge in [-0.2, -0.15) is 0 Å². The van der Waals surface area contributed by atoms with Crippen LogP contribution in [-0.4, -0.2) is 28.2 Å².